The Bertz CT molecular complexity index is 785. The first-order valence-electron chi connectivity index (χ1n) is 6.63. The maximum Gasteiger partial charge on any atom is 0.206 e. The Morgan fingerprint density at radius 1 is 1.36 bits per heavy atom. The molecule has 0 saturated carbocycles. The molecule has 0 bridgehead atoms. The van der Waals surface area contributed by atoms with Gasteiger partial charge < -0.3 is 5.32 Å². The topological polar surface area (TPSA) is 55.6 Å². The lowest BCUT2D eigenvalue weighted by molar-refractivity contribution is 0.630. The molecule has 114 valence electrons. The summed E-state index contributed by atoms with van der Waals surface area (Å²) in [6, 6.07) is 4.77. The summed E-state index contributed by atoms with van der Waals surface area (Å²) >= 11 is 4.66. The summed E-state index contributed by atoms with van der Waals surface area (Å²) in [6.07, 6.45) is 3.79. The van der Waals surface area contributed by atoms with Crippen LogP contribution in [0.25, 0.3) is 10.6 Å². The molecule has 0 unspecified atom stereocenters. The van der Waals surface area contributed by atoms with Gasteiger partial charge in [-0.1, -0.05) is 27.3 Å². The second kappa shape index (κ2) is 6.53. The van der Waals surface area contributed by atoms with Gasteiger partial charge in [-0.3, -0.25) is 4.68 Å². The van der Waals surface area contributed by atoms with E-state index in [4.69, 9.17) is 0 Å². The molecule has 0 aliphatic rings. The number of rotatable bonds is 5. The zero-order valence-corrected chi connectivity index (χ0v) is 14.2. The van der Waals surface area contributed by atoms with Crippen LogP contribution in [0, 0.1) is 12.7 Å². The van der Waals surface area contributed by atoms with Crippen molar-refractivity contribution in [3.63, 3.8) is 0 Å². The van der Waals surface area contributed by atoms with Crippen molar-refractivity contribution in [1.82, 2.24) is 20.0 Å². The smallest absolute Gasteiger partial charge is 0.206 e. The fraction of sp³-hybridized carbons (Fsp3) is 0.214. The van der Waals surface area contributed by atoms with E-state index in [-0.39, 0.29) is 5.82 Å². The van der Waals surface area contributed by atoms with Crippen molar-refractivity contribution in [2.24, 2.45) is 0 Å². The molecule has 2 aromatic heterocycles. The fourth-order valence-corrected chi connectivity index (χ4v) is 3.08. The van der Waals surface area contributed by atoms with E-state index in [1.165, 1.54) is 17.4 Å². The van der Waals surface area contributed by atoms with Crippen LogP contribution in [-0.4, -0.2) is 26.5 Å². The van der Waals surface area contributed by atoms with Gasteiger partial charge in [0.25, 0.3) is 0 Å². The van der Waals surface area contributed by atoms with Gasteiger partial charge in [-0.25, -0.2) is 4.39 Å². The summed E-state index contributed by atoms with van der Waals surface area (Å²) in [5.41, 5.74) is 1.57. The molecule has 1 aromatic carbocycles. The number of benzene rings is 1. The third-order valence-corrected chi connectivity index (χ3v) is 4.37. The monoisotopic (exact) mass is 381 g/mol. The Morgan fingerprint density at radius 3 is 3.00 bits per heavy atom. The van der Waals surface area contributed by atoms with Crippen LogP contribution in [0.15, 0.2) is 35.1 Å². The van der Waals surface area contributed by atoms with E-state index in [1.807, 2.05) is 24.0 Å². The average molecular weight is 382 g/mol. The van der Waals surface area contributed by atoms with E-state index in [9.17, 15) is 4.39 Å². The highest BCUT2D eigenvalue weighted by Gasteiger charge is 2.11. The van der Waals surface area contributed by atoms with Gasteiger partial charge in [-0.2, -0.15) is 5.10 Å². The highest BCUT2D eigenvalue weighted by Crippen LogP contribution is 2.30. The van der Waals surface area contributed by atoms with Crippen LogP contribution in [0.1, 0.15) is 5.56 Å². The molecule has 0 aliphatic heterocycles. The molecule has 8 heteroatoms. The molecule has 0 saturated heterocycles. The Kier molecular flexibility index (Phi) is 4.49. The summed E-state index contributed by atoms with van der Waals surface area (Å²) < 4.78 is 16.5. The molecular weight excluding hydrogens is 369 g/mol. The lowest BCUT2D eigenvalue weighted by Gasteiger charge is -2.02. The van der Waals surface area contributed by atoms with Crippen molar-refractivity contribution in [3.8, 4) is 10.6 Å². The maximum atomic E-state index is 13.8. The molecule has 0 atom stereocenters. The molecule has 1 N–H and O–H groups in total. The zero-order chi connectivity index (χ0) is 15.5. The number of hydrogen-bond acceptors (Lipinski definition) is 5. The Morgan fingerprint density at radius 2 is 2.23 bits per heavy atom. The molecule has 3 rings (SSSR count). The first kappa shape index (κ1) is 15.1. The molecule has 0 amide bonds. The number of nitrogens with zero attached hydrogens (tertiary/aromatic N) is 4. The van der Waals surface area contributed by atoms with Crippen LogP contribution in [0.2, 0.25) is 0 Å². The van der Waals surface area contributed by atoms with Gasteiger partial charge in [0.1, 0.15) is 5.82 Å². The van der Waals surface area contributed by atoms with E-state index in [0.29, 0.717) is 22.2 Å². The highest BCUT2D eigenvalue weighted by molar-refractivity contribution is 9.10. The quantitative estimate of drug-likeness (QED) is 0.731. The first-order valence-corrected chi connectivity index (χ1v) is 8.24. The minimum absolute atomic E-state index is 0.307. The number of nitrogens with one attached hydrogen (secondary N) is 1. The van der Waals surface area contributed by atoms with Crippen molar-refractivity contribution in [1.29, 1.82) is 0 Å². The first-order chi connectivity index (χ1) is 10.6. The average Bonchev–Trinajstić information content (AvgIpc) is 3.11. The van der Waals surface area contributed by atoms with Crippen molar-refractivity contribution in [3.05, 3.63) is 46.4 Å². The number of anilines is 1. The van der Waals surface area contributed by atoms with E-state index >= 15 is 0 Å². The molecule has 22 heavy (non-hydrogen) atoms. The van der Waals surface area contributed by atoms with Crippen molar-refractivity contribution < 1.29 is 4.39 Å². The van der Waals surface area contributed by atoms with Gasteiger partial charge >= 0.3 is 0 Å². The van der Waals surface area contributed by atoms with Crippen LogP contribution < -0.4 is 5.32 Å². The molecule has 0 spiro atoms. The van der Waals surface area contributed by atoms with E-state index in [1.54, 1.807) is 12.1 Å². The molecule has 0 fully saturated rings. The van der Waals surface area contributed by atoms with E-state index in [0.717, 1.165) is 16.6 Å². The lowest BCUT2D eigenvalue weighted by atomic mass is 10.2. The summed E-state index contributed by atoms with van der Waals surface area (Å²) in [4.78, 5) is 0. The van der Waals surface area contributed by atoms with Crippen molar-refractivity contribution >= 4 is 32.4 Å². The van der Waals surface area contributed by atoms with Crippen LogP contribution in [0.5, 0.6) is 0 Å². The predicted octanol–water partition coefficient (Wildman–Crippen LogP) is 3.72. The second-order valence-electron chi connectivity index (χ2n) is 4.74. The Labute approximate surface area is 139 Å². The largest absolute Gasteiger partial charge is 0.358 e. The third-order valence-electron chi connectivity index (χ3n) is 2.96. The third kappa shape index (κ3) is 3.50. The summed E-state index contributed by atoms with van der Waals surface area (Å²) in [6.45, 7) is 3.41. The maximum absolute atomic E-state index is 13.8. The summed E-state index contributed by atoms with van der Waals surface area (Å²) in [5, 5.41) is 16.7. The van der Waals surface area contributed by atoms with Crippen LogP contribution in [0.4, 0.5) is 9.52 Å². The van der Waals surface area contributed by atoms with Crippen LogP contribution in [-0.2, 0) is 6.54 Å². The molecule has 0 aliphatic carbocycles. The van der Waals surface area contributed by atoms with Crippen molar-refractivity contribution in [2.45, 2.75) is 13.5 Å². The lowest BCUT2D eigenvalue weighted by Crippen LogP contribution is -2.10. The van der Waals surface area contributed by atoms with Crippen LogP contribution in [0.3, 0.4) is 0 Å². The van der Waals surface area contributed by atoms with Crippen LogP contribution >= 0.6 is 27.3 Å². The molecular formula is C14H13BrFN5S. The summed E-state index contributed by atoms with van der Waals surface area (Å²) in [5.74, 6) is -0.307. The van der Waals surface area contributed by atoms with Gasteiger partial charge in [0.05, 0.1) is 12.7 Å². The number of halogens is 2. The minimum atomic E-state index is -0.307. The van der Waals surface area contributed by atoms with Gasteiger partial charge in [-0.05, 0) is 30.7 Å². The second-order valence-corrected chi connectivity index (χ2v) is 6.64. The van der Waals surface area contributed by atoms with E-state index < -0.39 is 0 Å². The molecule has 5 nitrogen and oxygen atoms in total. The van der Waals surface area contributed by atoms with E-state index in [2.05, 4.69) is 36.5 Å². The van der Waals surface area contributed by atoms with Gasteiger partial charge in [0, 0.05) is 22.8 Å². The molecule has 0 radical (unpaired) electrons. The Hall–Kier alpha value is -1.80. The van der Waals surface area contributed by atoms with Crippen molar-refractivity contribution in [2.75, 3.05) is 11.9 Å². The van der Waals surface area contributed by atoms with Gasteiger partial charge in [0.2, 0.25) is 5.13 Å². The normalized spacial score (nSPS) is 10.9. The minimum Gasteiger partial charge on any atom is -0.358 e. The fourth-order valence-electron chi connectivity index (χ4n) is 1.93. The zero-order valence-electron chi connectivity index (χ0n) is 11.8. The Balaban J connectivity index is 1.65. The predicted molar refractivity (Wildman–Crippen MR) is 88.5 cm³/mol. The number of aromatic nitrogens is 4. The molecule has 3 aromatic rings. The standard InChI is InChI=1S/C14H13BrFN5S/c1-9-7-18-21(8-9)5-4-17-14-20-19-13(22-14)11-6-10(15)2-3-12(11)16/h2-3,6-8H,4-5H2,1H3,(H,17,20). The number of aryl methyl sites for hydroxylation is 1. The molecule has 2 heterocycles. The highest BCUT2D eigenvalue weighted by atomic mass is 79.9. The number of hydrogen-bond donors (Lipinski definition) is 1. The van der Waals surface area contributed by atoms with Gasteiger partial charge in [0.15, 0.2) is 5.01 Å². The summed E-state index contributed by atoms with van der Waals surface area (Å²) in [7, 11) is 0. The van der Waals surface area contributed by atoms with Gasteiger partial charge in [-0.15, -0.1) is 10.2 Å². The SMILES string of the molecule is Cc1cnn(CCNc2nnc(-c3cc(Br)ccc3F)s2)c1.